The maximum Gasteiger partial charge on any atom is 0.349 e. The van der Waals surface area contributed by atoms with Crippen LogP contribution in [0.1, 0.15) is 14.7 Å². The first-order valence-electron chi connectivity index (χ1n) is 6.90. The highest BCUT2D eigenvalue weighted by Gasteiger charge is 2.29. The van der Waals surface area contributed by atoms with E-state index in [1.807, 2.05) is 24.3 Å². The van der Waals surface area contributed by atoms with E-state index >= 15 is 0 Å². The van der Waals surface area contributed by atoms with Gasteiger partial charge in [-0.05, 0) is 23.6 Å². The molecule has 0 amide bonds. The molecule has 3 aromatic rings. The van der Waals surface area contributed by atoms with Crippen LogP contribution < -0.4 is 0 Å². The highest BCUT2D eigenvalue weighted by atomic mass is 32.2. The molecule has 2 aromatic heterocycles. The quantitative estimate of drug-likeness (QED) is 0.634. The Hall–Kier alpha value is -1.81. The van der Waals surface area contributed by atoms with Crippen molar-refractivity contribution in [2.75, 3.05) is 14.2 Å². The average Bonchev–Trinajstić information content (AvgIpc) is 3.20. The monoisotopic (exact) mass is 382 g/mol. The smallest absolute Gasteiger partial charge is 0.349 e. The number of carbonyl (C=O) groups excluding carboxylic acids is 1. The van der Waals surface area contributed by atoms with Crippen LogP contribution in [0.5, 0.6) is 0 Å². The van der Waals surface area contributed by atoms with Crippen LogP contribution in [0.25, 0.3) is 10.2 Å². The van der Waals surface area contributed by atoms with Gasteiger partial charge >= 0.3 is 5.97 Å². The predicted octanol–water partition coefficient (Wildman–Crippen LogP) is 2.97. The van der Waals surface area contributed by atoms with Gasteiger partial charge in [-0.15, -0.1) is 22.7 Å². The number of hydrogen-bond donors (Lipinski definition) is 0. The minimum atomic E-state index is -3.81. The molecule has 3 rings (SSSR count). The van der Waals surface area contributed by atoms with Gasteiger partial charge in [0.25, 0.3) is 0 Å². The molecule has 0 radical (unpaired) electrons. The lowest BCUT2D eigenvalue weighted by Crippen LogP contribution is -2.27. The number of benzene rings is 1. The van der Waals surface area contributed by atoms with Crippen molar-refractivity contribution in [3.05, 3.63) is 45.6 Å². The highest BCUT2D eigenvalue weighted by Crippen LogP contribution is 2.28. The fraction of sp³-hybridized carbons (Fsp3) is 0.200. The van der Waals surface area contributed by atoms with Crippen LogP contribution in [0.4, 0.5) is 0 Å². The van der Waals surface area contributed by atoms with E-state index in [0.717, 1.165) is 21.6 Å². The first-order chi connectivity index (χ1) is 11.4. The molecule has 0 aliphatic carbocycles. The molecule has 0 saturated carbocycles. The molecule has 0 saturated heterocycles. The third kappa shape index (κ3) is 3.07. The maximum atomic E-state index is 12.8. The second kappa shape index (κ2) is 6.60. The van der Waals surface area contributed by atoms with Gasteiger partial charge in [-0.25, -0.2) is 18.2 Å². The van der Waals surface area contributed by atoms with E-state index in [2.05, 4.69) is 9.72 Å². The Morgan fingerprint density at radius 3 is 2.75 bits per heavy atom. The van der Waals surface area contributed by atoms with Crippen LogP contribution in [0.3, 0.4) is 0 Å². The van der Waals surface area contributed by atoms with E-state index in [9.17, 15) is 13.2 Å². The van der Waals surface area contributed by atoms with Crippen molar-refractivity contribution in [1.29, 1.82) is 0 Å². The van der Waals surface area contributed by atoms with Crippen molar-refractivity contribution < 1.29 is 17.9 Å². The van der Waals surface area contributed by atoms with Crippen LogP contribution in [0.2, 0.25) is 0 Å². The van der Waals surface area contributed by atoms with Crippen molar-refractivity contribution >= 4 is 48.9 Å². The fourth-order valence-electron chi connectivity index (χ4n) is 2.17. The number of hydrogen-bond acceptors (Lipinski definition) is 7. The summed E-state index contributed by atoms with van der Waals surface area (Å²) >= 11 is 2.49. The number of thiazole rings is 1. The number of sulfonamides is 1. The lowest BCUT2D eigenvalue weighted by molar-refractivity contribution is 0.0602. The summed E-state index contributed by atoms with van der Waals surface area (Å²) < 4.78 is 32.4. The maximum absolute atomic E-state index is 12.8. The van der Waals surface area contributed by atoms with Crippen LogP contribution in [-0.2, 0) is 21.3 Å². The van der Waals surface area contributed by atoms with Gasteiger partial charge in [0.15, 0.2) is 0 Å². The van der Waals surface area contributed by atoms with Crippen LogP contribution >= 0.6 is 22.7 Å². The van der Waals surface area contributed by atoms with Gasteiger partial charge in [0.05, 0.1) is 23.9 Å². The van der Waals surface area contributed by atoms with Crippen molar-refractivity contribution in [3.8, 4) is 0 Å². The van der Waals surface area contributed by atoms with Gasteiger partial charge in [0.2, 0.25) is 10.0 Å². The van der Waals surface area contributed by atoms with Crippen molar-refractivity contribution in [2.24, 2.45) is 0 Å². The second-order valence-electron chi connectivity index (χ2n) is 4.94. The number of fused-ring (bicyclic) bond motifs is 1. The first-order valence-corrected chi connectivity index (χ1v) is 10.0. The second-order valence-corrected chi connectivity index (χ2v) is 8.99. The molecular weight excluding hydrogens is 368 g/mol. The van der Waals surface area contributed by atoms with Gasteiger partial charge in [-0.3, -0.25) is 0 Å². The summed E-state index contributed by atoms with van der Waals surface area (Å²) in [5.74, 6) is -0.656. The van der Waals surface area contributed by atoms with Gasteiger partial charge in [-0.2, -0.15) is 4.31 Å². The Bertz CT molecular complexity index is 958. The number of rotatable bonds is 5. The van der Waals surface area contributed by atoms with Gasteiger partial charge in [-0.1, -0.05) is 12.1 Å². The van der Waals surface area contributed by atoms with Gasteiger partial charge in [0.1, 0.15) is 14.8 Å². The lowest BCUT2D eigenvalue weighted by Gasteiger charge is -2.15. The summed E-state index contributed by atoms with van der Waals surface area (Å²) in [6, 6.07) is 9.05. The topological polar surface area (TPSA) is 76.6 Å². The van der Waals surface area contributed by atoms with Crippen LogP contribution in [0, 0.1) is 0 Å². The number of methoxy groups -OCH3 is 1. The minimum Gasteiger partial charge on any atom is -0.465 e. The van der Waals surface area contributed by atoms with Gasteiger partial charge in [0, 0.05) is 7.05 Å². The molecule has 0 spiro atoms. The van der Waals surface area contributed by atoms with E-state index in [4.69, 9.17) is 0 Å². The normalized spacial score (nSPS) is 12.0. The largest absolute Gasteiger partial charge is 0.465 e. The number of para-hydroxylation sites is 1. The predicted molar refractivity (Wildman–Crippen MR) is 93.9 cm³/mol. The van der Waals surface area contributed by atoms with Crippen LogP contribution in [-0.4, -0.2) is 37.8 Å². The molecule has 0 N–H and O–H groups in total. The van der Waals surface area contributed by atoms with E-state index in [-0.39, 0.29) is 16.3 Å². The molecule has 24 heavy (non-hydrogen) atoms. The molecule has 0 atom stereocenters. The van der Waals surface area contributed by atoms with E-state index in [1.165, 1.54) is 35.9 Å². The Morgan fingerprint density at radius 2 is 2.04 bits per heavy atom. The van der Waals surface area contributed by atoms with Crippen molar-refractivity contribution in [1.82, 2.24) is 9.29 Å². The minimum absolute atomic E-state index is 0.0389. The standard InChI is InChI=1S/C15H14N2O4S3/c1-17(9-13-16-10-5-3-4-6-11(10)23-13)24(19,20)12-7-8-22-14(12)15(18)21-2/h3-8H,9H2,1-2H3. The first kappa shape index (κ1) is 17.0. The van der Waals surface area contributed by atoms with E-state index in [0.29, 0.717) is 5.01 Å². The molecule has 0 fully saturated rings. The number of aromatic nitrogens is 1. The zero-order chi connectivity index (χ0) is 17.3. The van der Waals surface area contributed by atoms with E-state index < -0.39 is 16.0 Å². The molecule has 2 heterocycles. The van der Waals surface area contributed by atoms with E-state index in [1.54, 1.807) is 5.38 Å². The average molecular weight is 382 g/mol. The molecule has 0 unspecified atom stereocenters. The van der Waals surface area contributed by atoms with Gasteiger partial charge < -0.3 is 4.74 Å². The number of carbonyl (C=O) groups is 1. The summed E-state index contributed by atoms with van der Waals surface area (Å²) in [5, 5.41) is 2.25. The number of nitrogens with zero attached hydrogens (tertiary/aromatic N) is 2. The summed E-state index contributed by atoms with van der Waals surface area (Å²) in [6.07, 6.45) is 0. The number of ether oxygens (including phenoxy) is 1. The molecule has 0 aliphatic rings. The number of esters is 1. The molecule has 126 valence electrons. The fourth-order valence-corrected chi connectivity index (χ4v) is 5.71. The van der Waals surface area contributed by atoms with Crippen molar-refractivity contribution in [3.63, 3.8) is 0 Å². The van der Waals surface area contributed by atoms with Crippen molar-refractivity contribution in [2.45, 2.75) is 11.4 Å². The molecule has 9 heteroatoms. The summed E-state index contributed by atoms with van der Waals surface area (Å²) in [6.45, 7) is 0.137. The molecule has 0 bridgehead atoms. The lowest BCUT2D eigenvalue weighted by atomic mass is 10.3. The summed E-state index contributed by atoms with van der Waals surface area (Å²) in [5.41, 5.74) is 0.842. The summed E-state index contributed by atoms with van der Waals surface area (Å²) in [7, 11) is -1.11. The van der Waals surface area contributed by atoms with Crippen LogP contribution in [0.15, 0.2) is 40.6 Å². The number of thiophene rings is 1. The Morgan fingerprint density at radius 1 is 1.29 bits per heavy atom. The summed E-state index contributed by atoms with van der Waals surface area (Å²) in [4.78, 5) is 16.2. The Kier molecular flexibility index (Phi) is 4.68. The zero-order valence-corrected chi connectivity index (χ0v) is 15.4. The highest BCUT2D eigenvalue weighted by molar-refractivity contribution is 7.89. The Balaban J connectivity index is 1.89. The third-order valence-corrected chi connectivity index (χ3v) is 7.27. The SMILES string of the molecule is COC(=O)c1sccc1S(=O)(=O)N(C)Cc1nc2ccccc2s1. The molecular formula is C15H14N2O4S3. The molecule has 0 aliphatic heterocycles. The molecule has 6 nitrogen and oxygen atoms in total. The zero-order valence-electron chi connectivity index (χ0n) is 12.9. The third-order valence-electron chi connectivity index (χ3n) is 3.38. The molecule has 1 aromatic carbocycles. The Labute approximate surface area is 147 Å².